The molecule has 1 atom stereocenters. The monoisotopic (exact) mass is 337 g/mol. The Balaban J connectivity index is 1.67. The lowest BCUT2D eigenvalue weighted by molar-refractivity contribution is -0.132. The highest BCUT2D eigenvalue weighted by Crippen LogP contribution is 2.20. The molecule has 3 N–H and O–H groups in total. The van der Waals surface area contributed by atoms with Crippen LogP contribution in [0.5, 0.6) is 0 Å². The van der Waals surface area contributed by atoms with E-state index in [2.05, 4.69) is 15.6 Å². The summed E-state index contributed by atoms with van der Waals surface area (Å²) < 4.78 is 5.26. The number of hydrogen-bond acceptors (Lipinski definition) is 3. The normalized spacial score (nSPS) is 11.9. The summed E-state index contributed by atoms with van der Waals surface area (Å²) in [7, 11) is 1.62. The zero-order chi connectivity index (χ0) is 17.8. The molecule has 6 nitrogen and oxygen atoms in total. The molecule has 0 saturated heterocycles. The van der Waals surface area contributed by atoms with Crippen molar-refractivity contribution in [3.8, 4) is 0 Å². The average molecular weight is 337 g/mol. The van der Waals surface area contributed by atoms with Gasteiger partial charge in [-0.1, -0.05) is 12.1 Å². The quantitative estimate of drug-likeness (QED) is 0.638. The molecule has 3 rings (SSSR count). The number of benzene rings is 2. The van der Waals surface area contributed by atoms with Gasteiger partial charge in [-0.15, -0.1) is 0 Å². The van der Waals surface area contributed by atoms with Gasteiger partial charge in [-0.05, 0) is 48.9 Å². The average Bonchev–Trinajstić information content (AvgIpc) is 3.09. The molecule has 0 fully saturated rings. The molecule has 0 radical (unpaired) electrons. The molecule has 0 aliphatic rings. The number of carbonyl (C=O) groups excluding carboxylic acids is 2. The molecule has 0 saturated carbocycles. The number of aromatic nitrogens is 1. The topological polar surface area (TPSA) is 83.2 Å². The van der Waals surface area contributed by atoms with Gasteiger partial charge in [0.1, 0.15) is 0 Å². The van der Waals surface area contributed by atoms with Gasteiger partial charge in [0.05, 0.1) is 6.10 Å². The molecular formula is C19H19N3O3. The van der Waals surface area contributed by atoms with Gasteiger partial charge in [-0.25, -0.2) is 0 Å². The molecule has 0 unspecified atom stereocenters. The maximum Gasteiger partial charge on any atom is 0.314 e. The smallest absolute Gasteiger partial charge is 0.314 e. The van der Waals surface area contributed by atoms with Gasteiger partial charge in [0, 0.05) is 35.6 Å². The van der Waals surface area contributed by atoms with Gasteiger partial charge in [-0.3, -0.25) is 9.59 Å². The van der Waals surface area contributed by atoms with E-state index in [0.717, 1.165) is 16.5 Å². The molecule has 2 aromatic carbocycles. The second-order valence-electron chi connectivity index (χ2n) is 5.69. The number of rotatable bonds is 4. The first-order chi connectivity index (χ1) is 12.1. The Kier molecular flexibility index (Phi) is 4.81. The minimum Gasteiger partial charge on any atom is -0.377 e. The van der Waals surface area contributed by atoms with Crippen LogP contribution >= 0.6 is 0 Å². The fourth-order valence-corrected chi connectivity index (χ4v) is 2.51. The van der Waals surface area contributed by atoms with Crippen LogP contribution in [0.2, 0.25) is 0 Å². The van der Waals surface area contributed by atoms with Crippen LogP contribution in [0.1, 0.15) is 18.6 Å². The van der Waals surface area contributed by atoms with Crippen LogP contribution in [-0.4, -0.2) is 23.9 Å². The molecule has 0 aliphatic carbocycles. The third-order valence-corrected chi connectivity index (χ3v) is 3.98. The predicted octanol–water partition coefficient (Wildman–Crippen LogP) is 3.45. The molecule has 1 heterocycles. The van der Waals surface area contributed by atoms with Crippen molar-refractivity contribution >= 4 is 34.1 Å². The van der Waals surface area contributed by atoms with E-state index in [9.17, 15) is 9.59 Å². The van der Waals surface area contributed by atoms with Crippen LogP contribution in [0.15, 0.2) is 54.7 Å². The highest BCUT2D eigenvalue weighted by Gasteiger charge is 2.15. The lowest BCUT2D eigenvalue weighted by Crippen LogP contribution is -2.29. The van der Waals surface area contributed by atoms with Crippen molar-refractivity contribution in [3.63, 3.8) is 0 Å². The summed E-state index contributed by atoms with van der Waals surface area (Å²) in [6.45, 7) is 1.91. The summed E-state index contributed by atoms with van der Waals surface area (Å²) >= 11 is 0. The molecule has 3 aromatic rings. The van der Waals surface area contributed by atoms with Crippen molar-refractivity contribution in [1.82, 2.24) is 4.98 Å². The minimum atomic E-state index is -0.726. The van der Waals surface area contributed by atoms with E-state index in [0.29, 0.717) is 11.4 Å². The number of methoxy groups -OCH3 is 1. The standard InChI is InChI=1S/C19H19N3O3/c1-12(25-2)13-4-3-5-15(10-13)21-18(23)19(24)22-16-6-7-17-14(11-16)8-9-20-17/h3-12,20H,1-2H3,(H,21,23)(H,22,24)/t12-/m1/s1. The summed E-state index contributed by atoms with van der Waals surface area (Å²) in [6, 6.07) is 14.5. The van der Waals surface area contributed by atoms with Crippen LogP contribution in [0.4, 0.5) is 11.4 Å². The first-order valence-corrected chi connectivity index (χ1v) is 7.89. The highest BCUT2D eigenvalue weighted by molar-refractivity contribution is 6.43. The molecular weight excluding hydrogens is 318 g/mol. The number of nitrogens with one attached hydrogen (secondary N) is 3. The van der Waals surface area contributed by atoms with Gasteiger partial charge in [0.15, 0.2) is 0 Å². The van der Waals surface area contributed by atoms with Crippen molar-refractivity contribution in [2.75, 3.05) is 17.7 Å². The highest BCUT2D eigenvalue weighted by atomic mass is 16.5. The Bertz CT molecular complexity index is 917. The van der Waals surface area contributed by atoms with Crippen molar-refractivity contribution < 1.29 is 14.3 Å². The van der Waals surface area contributed by atoms with E-state index in [4.69, 9.17) is 4.74 Å². The van der Waals surface area contributed by atoms with E-state index in [1.165, 1.54) is 0 Å². The first kappa shape index (κ1) is 16.7. The Morgan fingerprint density at radius 3 is 2.44 bits per heavy atom. The molecule has 25 heavy (non-hydrogen) atoms. The number of aromatic amines is 1. The number of carbonyl (C=O) groups is 2. The molecule has 128 valence electrons. The largest absolute Gasteiger partial charge is 0.377 e. The predicted molar refractivity (Wildman–Crippen MR) is 97.4 cm³/mol. The number of amides is 2. The Morgan fingerprint density at radius 1 is 1.00 bits per heavy atom. The van der Waals surface area contributed by atoms with Crippen molar-refractivity contribution in [3.05, 3.63) is 60.3 Å². The third kappa shape index (κ3) is 3.87. The molecule has 6 heteroatoms. The minimum absolute atomic E-state index is 0.0984. The van der Waals surface area contributed by atoms with Crippen LogP contribution in [-0.2, 0) is 14.3 Å². The van der Waals surface area contributed by atoms with Crippen LogP contribution in [0.25, 0.3) is 10.9 Å². The van der Waals surface area contributed by atoms with Crippen LogP contribution in [0.3, 0.4) is 0 Å². The van der Waals surface area contributed by atoms with Crippen LogP contribution < -0.4 is 10.6 Å². The van der Waals surface area contributed by atoms with Gasteiger partial charge < -0.3 is 20.4 Å². The molecule has 2 amide bonds. The Labute approximate surface area is 145 Å². The van der Waals surface area contributed by atoms with Crippen molar-refractivity contribution in [2.45, 2.75) is 13.0 Å². The maximum atomic E-state index is 12.1. The fourth-order valence-electron chi connectivity index (χ4n) is 2.51. The summed E-state index contributed by atoms with van der Waals surface area (Å²) in [5, 5.41) is 6.16. The Hall–Kier alpha value is -3.12. The summed E-state index contributed by atoms with van der Waals surface area (Å²) in [4.78, 5) is 27.3. The first-order valence-electron chi connectivity index (χ1n) is 7.89. The van der Waals surface area contributed by atoms with Gasteiger partial charge >= 0.3 is 11.8 Å². The summed E-state index contributed by atoms with van der Waals surface area (Å²) in [6.07, 6.45) is 1.72. The van der Waals surface area contributed by atoms with E-state index in [-0.39, 0.29) is 6.10 Å². The van der Waals surface area contributed by atoms with Gasteiger partial charge in [-0.2, -0.15) is 0 Å². The zero-order valence-electron chi connectivity index (χ0n) is 14.0. The van der Waals surface area contributed by atoms with Crippen molar-refractivity contribution in [2.24, 2.45) is 0 Å². The van der Waals surface area contributed by atoms with E-state index in [1.807, 2.05) is 31.3 Å². The zero-order valence-corrected chi connectivity index (χ0v) is 14.0. The summed E-state index contributed by atoms with van der Waals surface area (Å²) in [5.41, 5.74) is 2.99. The maximum absolute atomic E-state index is 12.1. The number of hydrogen-bond donors (Lipinski definition) is 3. The van der Waals surface area contributed by atoms with E-state index >= 15 is 0 Å². The summed E-state index contributed by atoms with van der Waals surface area (Å²) in [5.74, 6) is -1.45. The number of fused-ring (bicyclic) bond motifs is 1. The molecule has 0 bridgehead atoms. The molecule has 1 aromatic heterocycles. The number of anilines is 2. The lowest BCUT2D eigenvalue weighted by Gasteiger charge is -2.12. The van der Waals surface area contributed by atoms with Gasteiger partial charge in [0.25, 0.3) is 0 Å². The number of H-pyrrole nitrogens is 1. The Morgan fingerprint density at radius 2 is 1.72 bits per heavy atom. The van der Waals surface area contributed by atoms with E-state index in [1.54, 1.807) is 37.4 Å². The van der Waals surface area contributed by atoms with Crippen LogP contribution in [0, 0.1) is 0 Å². The molecule has 0 spiro atoms. The third-order valence-electron chi connectivity index (χ3n) is 3.98. The second kappa shape index (κ2) is 7.19. The lowest BCUT2D eigenvalue weighted by atomic mass is 10.1. The fraction of sp³-hybridized carbons (Fsp3) is 0.158. The van der Waals surface area contributed by atoms with Gasteiger partial charge in [0.2, 0.25) is 0 Å². The van der Waals surface area contributed by atoms with E-state index < -0.39 is 11.8 Å². The molecule has 0 aliphatic heterocycles. The second-order valence-corrected chi connectivity index (χ2v) is 5.69. The number of ether oxygens (including phenoxy) is 1. The SMILES string of the molecule is CO[C@H](C)c1cccc(NC(=O)C(=O)Nc2ccc3[nH]ccc3c2)c1. The van der Waals surface area contributed by atoms with Crippen molar-refractivity contribution in [1.29, 1.82) is 0 Å².